The summed E-state index contributed by atoms with van der Waals surface area (Å²) in [5.74, 6) is 3.03. The van der Waals surface area contributed by atoms with Gasteiger partial charge in [-0.15, -0.1) is 6.42 Å². The monoisotopic (exact) mass is 247 g/mol. The van der Waals surface area contributed by atoms with Gasteiger partial charge in [0.25, 0.3) is 0 Å². The molecule has 0 radical (unpaired) electrons. The number of amides is 1. The zero-order valence-electron chi connectivity index (χ0n) is 11.0. The second-order valence-corrected chi connectivity index (χ2v) is 4.69. The summed E-state index contributed by atoms with van der Waals surface area (Å²) in [6.45, 7) is 5.40. The summed E-state index contributed by atoms with van der Waals surface area (Å²) in [4.78, 5) is 11.6. The number of anilines is 1. The number of ether oxygens (including phenoxy) is 2. The van der Waals surface area contributed by atoms with E-state index in [1.54, 1.807) is 39.0 Å². The van der Waals surface area contributed by atoms with Crippen LogP contribution in [0.2, 0.25) is 0 Å². The molecule has 1 rings (SSSR count). The number of terminal acetylenes is 1. The van der Waals surface area contributed by atoms with Crippen LogP contribution in [-0.2, 0) is 4.74 Å². The molecule has 0 bridgehead atoms. The molecule has 0 aromatic heterocycles. The Bertz CT molecular complexity index is 481. The average Bonchev–Trinajstić information content (AvgIpc) is 2.26. The van der Waals surface area contributed by atoms with Crippen molar-refractivity contribution in [1.82, 2.24) is 0 Å². The molecule has 1 N–H and O–H groups in total. The number of carbonyl (C=O) groups excluding carboxylic acids is 1. The van der Waals surface area contributed by atoms with Crippen LogP contribution < -0.4 is 10.1 Å². The van der Waals surface area contributed by atoms with Crippen molar-refractivity contribution in [3.05, 3.63) is 23.8 Å². The van der Waals surface area contributed by atoms with Crippen LogP contribution in [-0.4, -0.2) is 18.8 Å². The van der Waals surface area contributed by atoms with E-state index in [0.717, 1.165) is 0 Å². The molecule has 18 heavy (non-hydrogen) atoms. The highest BCUT2D eigenvalue weighted by atomic mass is 16.6. The Morgan fingerprint density at radius 2 is 2.06 bits per heavy atom. The molecule has 0 unspecified atom stereocenters. The third-order valence-electron chi connectivity index (χ3n) is 2.00. The fourth-order valence-electron chi connectivity index (χ4n) is 1.31. The highest BCUT2D eigenvalue weighted by Crippen LogP contribution is 2.22. The minimum Gasteiger partial charge on any atom is -0.495 e. The predicted molar refractivity (Wildman–Crippen MR) is 70.8 cm³/mol. The molecule has 1 aromatic carbocycles. The third-order valence-corrected chi connectivity index (χ3v) is 2.00. The highest BCUT2D eigenvalue weighted by Gasteiger charge is 2.16. The van der Waals surface area contributed by atoms with Gasteiger partial charge < -0.3 is 9.47 Å². The number of rotatable bonds is 2. The quantitative estimate of drug-likeness (QED) is 0.817. The van der Waals surface area contributed by atoms with E-state index in [1.807, 2.05) is 0 Å². The van der Waals surface area contributed by atoms with Crippen molar-refractivity contribution in [3.8, 4) is 18.1 Å². The van der Waals surface area contributed by atoms with Crippen LogP contribution in [0.4, 0.5) is 10.5 Å². The lowest BCUT2D eigenvalue weighted by Gasteiger charge is -2.19. The average molecular weight is 247 g/mol. The van der Waals surface area contributed by atoms with E-state index in [4.69, 9.17) is 15.9 Å². The molecule has 1 aromatic rings. The Labute approximate surface area is 107 Å². The molecule has 0 heterocycles. The molecule has 4 nitrogen and oxygen atoms in total. The summed E-state index contributed by atoms with van der Waals surface area (Å²) in [6.07, 6.45) is 4.80. The van der Waals surface area contributed by atoms with Crippen molar-refractivity contribution in [2.24, 2.45) is 0 Å². The summed E-state index contributed by atoms with van der Waals surface area (Å²) in [6, 6.07) is 5.05. The van der Waals surface area contributed by atoms with Crippen LogP contribution in [0.25, 0.3) is 0 Å². The fraction of sp³-hybridized carbons (Fsp3) is 0.357. The summed E-state index contributed by atoms with van der Waals surface area (Å²) in [5.41, 5.74) is 0.666. The van der Waals surface area contributed by atoms with Gasteiger partial charge in [0.1, 0.15) is 11.4 Å². The van der Waals surface area contributed by atoms with Crippen LogP contribution in [0.1, 0.15) is 26.3 Å². The van der Waals surface area contributed by atoms with Crippen molar-refractivity contribution >= 4 is 11.8 Å². The number of carbonyl (C=O) groups is 1. The van der Waals surface area contributed by atoms with Gasteiger partial charge in [0.15, 0.2) is 0 Å². The lowest BCUT2D eigenvalue weighted by molar-refractivity contribution is 0.0636. The maximum Gasteiger partial charge on any atom is 0.412 e. The number of methoxy groups -OCH3 is 1. The number of nitrogens with one attached hydrogen (secondary N) is 1. The largest absolute Gasteiger partial charge is 0.495 e. The maximum absolute atomic E-state index is 11.6. The van der Waals surface area contributed by atoms with Gasteiger partial charge in [-0.1, -0.05) is 5.92 Å². The molecule has 4 heteroatoms. The molecule has 0 aliphatic heterocycles. The van der Waals surface area contributed by atoms with Crippen LogP contribution in [0, 0.1) is 12.3 Å². The minimum absolute atomic E-state index is 0.516. The Balaban J connectivity index is 2.81. The molecule has 0 fully saturated rings. The molecule has 0 saturated carbocycles. The van der Waals surface area contributed by atoms with Gasteiger partial charge in [0.05, 0.1) is 12.7 Å². The Hall–Kier alpha value is -2.15. The van der Waals surface area contributed by atoms with Crippen LogP contribution >= 0.6 is 0 Å². The van der Waals surface area contributed by atoms with Crippen molar-refractivity contribution < 1.29 is 14.3 Å². The van der Waals surface area contributed by atoms with Gasteiger partial charge in [-0.3, -0.25) is 5.32 Å². The first-order valence-corrected chi connectivity index (χ1v) is 5.50. The maximum atomic E-state index is 11.6. The Morgan fingerprint density at radius 3 is 2.56 bits per heavy atom. The van der Waals surface area contributed by atoms with Gasteiger partial charge >= 0.3 is 6.09 Å². The van der Waals surface area contributed by atoms with E-state index in [0.29, 0.717) is 17.0 Å². The number of hydrogen-bond donors (Lipinski definition) is 1. The van der Waals surface area contributed by atoms with Crippen molar-refractivity contribution in [2.45, 2.75) is 26.4 Å². The van der Waals surface area contributed by atoms with Crippen molar-refractivity contribution in [2.75, 3.05) is 12.4 Å². The highest BCUT2D eigenvalue weighted by molar-refractivity contribution is 5.85. The lowest BCUT2D eigenvalue weighted by atomic mass is 10.2. The topological polar surface area (TPSA) is 47.6 Å². The number of hydrogen-bond acceptors (Lipinski definition) is 3. The summed E-state index contributed by atoms with van der Waals surface area (Å²) < 4.78 is 10.3. The molecule has 0 aliphatic carbocycles. The molecular weight excluding hydrogens is 230 g/mol. The SMILES string of the molecule is C#Cc1ccc(NC(=O)OC(C)(C)C)cc1OC. The van der Waals surface area contributed by atoms with Crippen LogP contribution in [0.5, 0.6) is 5.75 Å². The summed E-state index contributed by atoms with van der Waals surface area (Å²) in [5, 5.41) is 2.61. The predicted octanol–water partition coefficient (Wildman–Crippen LogP) is 3.02. The van der Waals surface area contributed by atoms with Crippen LogP contribution in [0.3, 0.4) is 0 Å². The molecule has 0 spiro atoms. The summed E-state index contributed by atoms with van der Waals surface area (Å²) >= 11 is 0. The number of benzene rings is 1. The van der Waals surface area contributed by atoms with Crippen molar-refractivity contribution in [3.63, 3.8) is 0 Å². The minimum atomic E-state index is -0.535. The van der Waals surface area contributed by atoms with E-state index in [2.05, 4.69) is 11.2 Å². The smallest absolute Gasteiger partial charge is 0.412 e. The second kappa shape index (κ2) is 5.46. The zero-order valence-corrected chi connectivity index (χ0v) is 11.0. The van der Waals surface area contributed by atoms with E-state index in [1.165, 1.54) is 7.11 Å². The normalized spacial score (nSPS) is 10.4. The van der Waals surface area contributed by atoms with E-state index >= 15 is 0 Å². The Morgan fingerprint density at radius 1 is 1.39 bits per heavy atom. The van der Waals surface area contributed by atoms with Crippen molar-refractivity contribution in [1.29, 1.82) is 0 Å². The first kappa shape index (κ1) is 13.9. The molecule has 1 amide bonds. The zero-order chi connectivity index (χ0) is 13.8. The molecule has 0 aliphatic rings. The lowest BCUT2D eigenvalue weighted by Crippen LogP contribution is -2.27. The van der Waals surface area contributed by atoms with E-state index in [9.17, 15) is 4.79 Å². The molecule has 0 atom stereocenters. The molecular formula is C14H17NO3. The van der Waals surface area contributed by atoms with E-state index < -0.39 is 11.7 Å². The van der Waals surface area contributed by atoms with E-state index in [-0.39, 0.29) is 0 Å². The third kappa shape index (κ3) is 4.02. The van der Waals surface area contributed by atoms with Gasteiger partial charge in [-0.2, -0.15) is 0 Å². The fourth-order valence-corrected chi connectivity index (χ4v) is 1.31. The summed E-state index contributed by atoms with van der Waals surface area (Å²) in [7, 11) is 1.52. The first-order valence-electron chi connectivity index (χ1n) is 5.50. The van der Waals surface area contributed by atoms with Gasteiger partial charge in [0, 0.05) is 11.8 Å². The van der Waals surface area contributed by atoms with Gasteiger partial charge in [-0.25, -0.2) is 4.79 Å². The van der Waals surface area contributed by atoms with Gasteiger partial charge in [-0.05, 0) is 32.9 Å². The Kier molecular flexibility index (Phi) is 4.22. The molecule has 96 valence electrons. The van der Waals surface area contributed by atoms with Gasteiger partial charge in [0.2, 0.25) is 0 Å². The second-order valence-electron chi connectivity index (χ2n) is 4.69. The standard InChI is InChI=1S/C14H17NO3/c1-6-10-7-8-11(9-12(10)17-5)15-13(16)18-14(2,3)4/h1,7-9H,2-5H3,(H,15,16). The first-order chi connectivity index (χ1) is 8.35. The molecule has 0 saturated heterocycles. The van der Waals surface area contributed by atoms with Crippen LogP contribution in [0.15, 0.2) is 18.2 Å².